The van der Waals surface area contributed by atoms with Gasteiger partial charge in [-0.2, -0.15) is 0 Å². The molecule has 1 aromatic carbocycles. The first-order chi connectivity index (χ1) is 8.16. The molecule has 0 bridgehead atoms. The van der Waals surface area contributed by atoms with E-state index >= 15 is 0 Å². The molecule has 2 aromatic rings. The summed E-state index contributed by atoms with van der Waals surface area (Å²) in [6, 6.07) is 7.93. The number of carboxylic acids is 1. The molecule has 5 heteroatoms. The summed E-state index contributed by atoms with van der Waals surface area (Å²) < 4.78 is 14.7. The molecule has 17 heavy (non-hydrogen) atoms. The number of carboxylic acid groups (broad SMARTS) is 1. The van der Waals surface area contributed by atoms with Gasteiger partial charge in [0.2, 0.25) is 0 Å². The second kappa shape index (κ2) is 5.33. The van der Waals surface area contributed by atoms with Crippen LogP contribution in [0.15, 0.2) is 39.9 Å². The number of rotatable bonds is 4. The van der Waals surface area contributed by atoms with Crippen molar-refractivity contribution in [3.63, 3.8) is 0 Å². The summed E-state index contributed by atoms with van der Waals surface area (Å²) in [6.45, 7) is 0. The van der Waals surface area contributed by atoms with Crippen molar-refractivity contribution in [3.05, 3.63) is 52.7 Å². The van der Waals surface area contributed by atoms with E-state index in [0.29, 0.717) is 11.3 Å². The minimum Gasteiger partial charge on any atom is -0.478 e. The largest absolute Gasteiger partial charge is 0.478 e. The first-order valence-electron chi connectivity index (χ1n) is 4.85. The zero-order valence-corrected chi connectivity index (χ0v) is 10.4. The maximum Gasteiger partial charge on any atom is 0.335 e. The molecule has 0 amide bonds. The summed E-state index contributed by atoms with van der Waals surface area (Å²) in [5.74, 6) is -1.07. The van der Waals surface area contributed by atoms with E-state index < -0.39 is 11.8 Å². The Morgan fingerprint density at radius 1 is 1.41 bits per heavy atom. The molecule has 88 valence electrons. The fraction of sp³-hybridized carbons (Fsp3) is 0.0833. The number of hydrogen-bond acceptors (Lipinski definition) is 3. The van der Waals surface area contributed by atoms with Crippen molar-refractivity contribution >= 4 is 29.1 Å². The maximum absolute atomic E-state index is 13.6. The van der Waals surface area contributed by atoms with E-state index in [9.17, 15) is 9.18 Å². The van der Waals surface area contributed by atoms with E-state index in [1.165, 1.54) is 23.9 Å². The van der Waals surface area contributed by atoms with E-state index in [1.807, 2.05) is 17.5 Å². The normalized spacial score (nSPS) is 10.4. The number of thiophene rings is 1. The number of carbonyl (C=O) groups is 1. The SMILES string of the molecule is O=C(O)c1ccc(CSc2cccs2)c(F)c1. The molecule has 0 radical (unpaired) electrons. The number of benzene rings is 1. The number of thioether (sulfide) groups is 1. The minimum absolute atomic E-state index is 0.0210. The fourth-order valence-corrected chi connectivity index (χ4v) is 3.06. The number of aromatic carboxylic acids is 1. The van der Waals surface area contributed by atoms with Crippen LogP contribution in [0.1, 0.15) is 15.9 Å². The quantitative estimate of drug-likeness (QED) is 0.855. The van der Waals surface area contributed by atoms with Gasteiger partial charge in [-0.15, -0.1) is 23.1 Å². The molecule has 0 fully saturated rings. The van der Waals surface area contributed by atoms with E-state index in [2.05, 4.69) is 0 Å². The molecule has 2 nitrogen and oxygen atoms in total. The molecule has 2 rings (SSSR count). The first-order valence-corrected chi connectivity index (χ1v) is 6.71. The van der Waals surface area contributed by atoms with Crippen molar-refractivity contribution in [1.29, 1.82) is 0 Å². The Kier molecular flexibility index (Phi) is 3.81. The van der Waals surface area contributed by atoms with Crippen molar-refractivity contribution in [2.24, 2.45) is 0 Å². The van der Waals surface area contributed by atoms with Crippen LogP contribution >= 0.6 is 23.1 Å². The summed E-state index contributed by atoms with van der Waals surface area (Å²) in [7, 11) is 0. The lowest BCUT2D eigenvalue weighted by molar-refractivity contribution is 0.0696. The molecule has 0 aliphatic rings. The molecule has 0 saturated heterocycles. The van der Waals surface area contributed by atoms with Crippen LogP contribution < -0.4 is 0 Å². The van der Waals surface area contributed by atoms with E-state index in [-0.39, 0.29) is 5.56 Å². The molecule has 1 N–H and O–H groups in total. The molecule has 0 saturated carbocycles. The van der Waals surface area contributed by atoms with Gasteiger partial charge in [0.1, 0.15) is 5.82 Å². The van der Waals surface area contributed by atoms with Crippen molar-refractivity contribution in [3.8, 4) is 0 Å². The third kappa shape index (κ3) is 3.08. The van der Waals surface area contributed by atoms with Gasteiger partial charge in [-0.25, -0.2) is 9.18 Å². The summed E-state index contributed by atoms with van der Waals surface area (Å²) in [5, 5.41) is 10.7. The van der Waals surface area contributed by atoms with Crippen molar-refractivity contribution in [2.45, 2.75) is 9.96 Å². The average molecular weight is 268 g/mol. The molecule has 1 aromatic heterocycles. The van der Waals surface area contributed by atoms with Crippen LogP contribution in [-0.2, 0) is 5.75 Å². The van der Waals surface area contributed by atoms with Crippen LogP contribution in [0.5, 0.6) is 0 Å². The van der Waals surface area contributed by atoms with Gasteiger partial charge in [0.25, 0.3) is 0 Å². The van der Waals surface area contributed by atoms with Crippen molar-refractivity contribution in [2.75, 3.05) is 0 Å². The van der Waals surface area contributed by atoms with Crippen molar-refractivity contribution in [1.82, 2.24) is 0 Å². The van der Waals surface area contributed by atoms with Crippen molar-refractivity contribution < 1.29 is 14.3 Å². The number of hydrogen-bond donors (Lipinski definition) is 1. The average Bonchev–Trinajstić information content (AvgIpc) is 2.80. The molecule has 0 spiro atoms. The molecule has 0 atom stereocenters. The second-order valence-corrected chi connectivity index (χ2v) is 5.56. The molecule has 0 unspecified atom stereocenters. The standard InChI is InChI=1S/C12H9FO2S2/c13-10-6-8(12(14)15)3-4-9(10)7-17-11-2-1-5-16-11/h1-6H,7H2,(H,14,15). The molecule has 0 aliphatic carbocycles. The van der Waals surface area contributed by atoms with Gasteiger partial charge in [0.05, 0.1) is 9.77 Å². The van der Waals surface area contributed by atoms with Crippen LogP contribution in [0, 0.1) is 5.82 Å². The van der Waals surface area contributed by atoms with Crippen LogP contribution in [0.25, 0.3) is 0 Å². The predicted octanol–water partition coefficient (Wildman–Crippen LogP) is 3.88. The highest BCUT2D eigenvalue weighted by molar-refractivity contribution is 8.00. The lowest BCUT2D eigenvalue weighted by Gasteiger charge is -2.03. The van der Waals surface area contributed by atoms with E-state index in [1.54, 1.807) is 11.3 Å². The third-order valence-corrected chi connectivity index (χ3v) is 4.34. The monoisotopic (exact) mass is 268 g/mol. The van der Waals surface area contributed by atoms with Gasteiger partial charge in [0.15, 0.2) is 0 Å². The Balaban J connectivity index is 2.09. The van der Waals surface area contributed by atoms with Gasteiger partial charge in [-0.05, 0) is 29.1 Å². The highest BCUT2D eigenvalue weighted by Gasteiger charge is 2.08. The molecule has 0 aliphatic heterocycles. The number of halogens is 1. The Morgan fingerprint density at radius 3 is 2.82 bits per heavy atom. The summed E-state index contributed by atoms with van der Waals surface area (Å²) in [4.78, 5) is 10.6. The maximum atomic E-state index is 13.6. The highest BCUT2D eigenvalue weighted by atomic mass is 32.2. The summed E-state index contributed by atoms with van der Waals surface area (Å²) >= 11 is 3.14. The lowest BCUT2D eigenvalue weighted by Crippen LogP contribution is -1.98. The second-order valence-electron chi connectivity index (χ2n) is 3.33. The molecular weight excluding hydrogens is 259 g/mol. The van der Waals surface area contributed by atoms with Gasteiger partial charge < -0.3 is 5.11 Å². The summed E-state index contributed by atoms with van der Waals surface area (Å²) in [5.41, 5.74) is 0.501. The molecule has 1 heterocycles. The highest BCUT2D eigenvalue weighted by Crippen LogP contribution is 2.28. The van der Waals surface area contributed by atoms with E-state index in [4.69, 9.17) is 5.11 Å². The molecular formula is C12H9FO2S2. The van der Waals surface area contributed by atoms with Gasteiger partial charge in [-0.3, -0.25) is 0 Å². The minimum atomic E-state index is -1.11. The fourth-order valence-electron chi connectivity index (χ4n) is 1.29. The van der Waals surface area contributed by atoms with Gasteiger partial charge in [0, 0.05) is 5.75 Å². The van der Waals surface area contributed by atoms with Gasteiger partial charge in [-0.1, -0.05) is 12.1 Å². The van der Waals surface area contributed by atoms with Crippen LogP contribution in [0.4, 0.5) is 4.39 Å². The van der Waals surface area contributed by atoms with Crippen LogP contribution in [0.3, 0.4) is 0 Å². The topological polar surface area (TPSA) is 37.3 Å². The Morgan fingerprint density at radius 2 is 2.24 bits per heavy atom. The predicted molar refractivity (Wildman–Crippen MR) is 67.2 cm³/mol. The van der Waals surface area contributed by atoms with Crippen LogP contribution in [-0.4, -0.2) is 11.1 Å². The lowest BCUT2D eigenvalue weighted by atomic mass is 10.1. The first kappa shape index (κ1) is 12.1. The Labute approximate surface area is 106 Å². The van der Waals surface area contributed by atoms with E-state index in [0.717, 1.165) is 10.3 Å². The Hall–Kier alpha value is -1.33. The van der Waals surface area contributed by atoms with Gasteiger partial charge >= 0.3 is 5.97 Å². The van der Waals surface area contributed by atoms with Crippen LogP contribution in [0.2, 0.25) is 0 Å². The smallest absolute Gasteiger partial charge is 0.335 e. The summed E-state index contributed by atoms with van der Waals surface area (Å²) in [6.07, 6.45) is 0. The zero-order valence-electron chi connectivity index (χ0n) is 8.72. The Bertz CT molecular complexity index is 523. The third-order valence-electron chi connectivity index (χ3n) is 2.17. The zero-order chi connectivity index (χ0) is 12.3.